The van der Waals surface area contributed by atoms with E-state index in [1.54, 1.807) is 43.3 Å². The summed E-state index contributed by atoms with van der Waals surface area (Å²) in [5.41, 5.74) is 3.38. The maximum absolute atomic E-state index is 12.8. The average molecular weight is 429 g/mol. The zero-order chi connectivity index (χ0) is 22.3. The van der Waals surface area contributed by atoms with E-state index in [2.05, 4.69) is 20.6 Å². The smallest absolute Gasteiger partial charge is 0.253 e. The van der Waals surface area contributed by atoms with E-state index in [1.807, 2.05) is 48.5 Å². The molecule has 32 heavy (non-hydrogen) atoms. The molecule has 0 saturated heterocycles. The first-order valence-electron chi connectivity index (χ1n) is 10.1. The molecular weight excluding hydrogens is 406 g/mol. The number of benzene rings is 3. The maximum atomic E-state index is 12.8. The molecule has 0 spiro atoms. The minimum Gasteiger partial charge on any atom is -0.493 e. The van der Waals surface area contributed by atoms with Crippen LogP contribution in [0.1, 0.15) is 21.5 Å². The van der Waals surface area contributed by atoms with Crippen LogP contribution in [0.2, 0.25) is 0 Å². The van der Waals surface area contributed by atoms with Crippen molar-refractivity contribution < 1.29 is 14.3 Å². The van der Waals surface area contributed by atoms with Crippen LogP contribution >= 0.6 is 0 Å². The normalized spacial score (nSPS) is 10.6. The van der Waals surface area contributed by atoms with Gasteiger partial charge in [0.1, 0.15) is 6.61 Å². The van der Waals surface area contributed by atoms with E-state index in [1.165, 1.54) is 0 Å². The third-order valence-corrected chi connectivity index (χ3v) is 4.97. The van der Waals surface area contributed by atoms with Gasteiger partial charge in [0, 0.05) is 24.7 Å². The van der Waals surface area contributed by atoms with E-state index >= 15 is 0 Å². The second kappa shape index (κ2) is 9.74. The highest BCUT2D eigenvalue weighted by Crippen LogP contribution is 2.29. The van der Waals surface area contributed by atoms with Gasteiger partial charge in [0.25, 0.3) is 5.91 Å². The Kier molecular flexibility index (Phi) is 6.41. The van der Waals surface area contributed by atoms with E-state index in [9.17, 15) is 4.79 Å². The highest BCUT2D eigenvalue weighted by atomic mass is 16.5. The SMILES string of the molecule is COc1cc(CN(C)C(=O)c2ccc(-c3nn[nH]n3)cc2)ccc1OCc1ccccc1. The molecule has 0 fully saturated rings. The number of ether oxygens (including phenoxy) is 2. The van der Waals surface area contributed by atoms with Crippen molar-refractivity contribution >= 4 is 5.91 Å². The third-order valence-electron chi connectivity index (χ3n) is 4.97. The van der Waals surface area contributed by atoms with E-state index in [-0.39, 0.29) is 5.91 Å². The number of amides is 1. The second-order valence-electron chi connectivity index (χ2n) is 7.23. The summed E-state index contributed by atoms with van der Waals surface area (Å²) >= 11 is 0. The monoisotopic (exact) mass is 429 g/mol. The zero-order valence-corrected chi connectivity index (χ0v) is 17.9. The Hall–Kier alpha value is -4.20. The summed E-state index contributed by atoms with van der Waals surface area (Å²) in [5.74, 6) is 1.68. The lowest BCUT2D eigenvalue weighted by atomic mass is 10.1. The molecule has 162 valence electrons. The molecule has 0 saturated carbocycles. The number of hydrogen-bond acceptors (Lipinski definition) is 6. The largest absolute Gasteiger partial charge is 0.493 e. The lowest BCUT2D eigenvalue weighted by molar-refractivity contribution is 0.0785. The number of hydrogen-bond donors (Lipinski definition) is 1. The standard InChI is InChI=1S/C24H23N5O3/c1-29(24(30)20-11-9-19(10-12-20)23-25-27-28-26-23)15-18-8-13-21(22(14-18)31-2)32-16-17-6-4-3-5-7-17/h3-14H,15-16H2,1-2H3,(H,25,26,27,28). The Balaban J connectivity index is 1.40. The minimum absolute atomic E-state index is 0.0898. The number of aromatic amines is 1. The first kappa shape index (κ1) is 21.0. The number of carbonyl (C=O) groups is 1. The van der Waals surface area contributed by atoms with Crippen molar-refractivity contribution in [3.63, 3.8) is 0 Å². The second-order valence-corrected chi connectivity index (χ2v) is 7.23. The highest BCUT2D eigenvalue weighted by Gasteiger charge is 2.14. The van der Waals surface area contributed by atoms with Gasteiger partial charge >= 0.3 is 0 Å². The fraction of sp³-hybridized carbons (Fsp3) is 0.167. The van der Waals surface area contributed by atoms with Crippen molar-refractivity contribution in [3.8, 4) is 22.9 Å². The first-order valence-corrected chi connectivity index (χ1v) is 10.1. The molecule has 0 unspecified atom stereocenters. The molecule has 4 aromatic rings. The van der Waals surface area contributed by atoms with Crippen molar-refractivity contribution in [2.45, 2.75) is 13.2 Å². The number of carbonyl (C=O) groups excluding carboxylic acids is 1. The van der Waals surface area contributed by atoms with Gasteiger partial charge in [-0.2, -0.15) is 5.21 Å². The highest BCUT2D eigenvalue weighted by molar-refractivity contribution is 5.94. The summed E-state index contributed by atoms with van der Waals surface area (Å²) in [5, 5.41) is 13.8. The summed E-state index contributed by atoms with van der Waals surface area (Å²) in [4.78, 5) is 14.5. The van der Waals surface area contributed by atoms with Gasteiger partial charge in [0.15, 0.2) is 11.5 Å². The molecule has 0 bridgehead atoms. The predicted molar refractivity (Wildman–Crippen MR) is 119 cm³/mol. The lowest BCUT2D eigenvalue weighted by Crippen LogP contribution is -2.26. The van der Waals surface area contributed by atoms with Crippen LogP contribution in [0.5, 0.6) is 11.5 Å². The summed E-state index contributed by atoms with van der Waals surface area (Å²) < 4.78 is 11.4. The molecule has 1 N–H and O–H groups in total. The molecule has 0 aliphatic rings. The molecule has 1 aromatic heterocycles. The molecule has 0 atom stereocenters. The van der Waals surface area contributed by atoms with Crippen molar-refractivity contribution in [1.29, 1.82) is 0 Å². The number of aromatic nitrogens is 4. The van der Waals surface area contributed by atoms with Crippen molar-refractivity contribution in [2.75, 3.05) is 14.2 Å². The van der Waals surface area contributed by atoms with Crippen molar-refractivity contribution in [3.05, 3.63) is 89.5 Å². The van der Waals surface area contributed by atoms with Gasteiger partial charge < -0.3 is 14.4 Å². The number of methoxy groups -OCH3 is 1. The van der Waals surface area contributed by atoms with Crippen molar-refractivity contribution in [2.24, 2.45) is 0 Å². The minimum atomic E-state index is -0.0898. The van der Waals surface area contributed by atoms with Gasteiger partial charge in [0.05, 0.1) is 7.11 Å². The topological polar surface area (TPSA) is 93.2 Å². The number of rotatable bonds is 8. The molecule has 1 amide bonds. The molecule has 3 aromatic carbocycles. The number of tetrazole rings is 1. The quantitative estimate of drug-likeness (QED) is 0.459. The van der Waals surface area contributed by atoms with E-state index in [0.717, 1.165) is 16.7 Å². The maximum Gasteiger partial charge on any atom is 0.253 e. The summed E-state index contributed by atoms with van der Waals surface area (Å²) in [7, 11) is 3.37. The fourth-order valence-electron chi connectivity index (χ4n) is 3.28. The van der Waals surface area contributed by atoms with E-state index < -0.39 is 0 Å². The summed E-state index contributed by atoms with van der Waals surface area (Å²) in [6, 6.07) is 22.8. The van der Waals surface area contributed by atoms with E-state index in [4.69, 9.17) is 9.47 Å². The van der Waals surface area contributed by atoms with Crippen LogP contribution in [0.3, 0.4) is 0 Å². The Morgan fingerprint density at radius 3 is 2.44 bits per heavy atom. The molecule has 8 nitrogen and oxygen atoms in total. The number of H-pyrrole nitrogens is 1. The molecule has 1 heterocycles. The van der Waals surface area contributed by atoms with Crippen LogP contribution in [0.25, 0.3) is 11.4 Å². The van der Waals surface area contributed by atoms with Crippen LogP contribution in [0.15, 0.2) is 72.8 Å². The molecular formula is C24H23N5O3. The molecule has 8 heteroatoms. The Labute approximate surface area is 185 Å². The fourth-order valence-corrected chi connectivity index (χ4v) is 3.28. The number of nitrogens with one attached hydrogen (secondary N) is 1. The van der Waals surface area contributed by atoms with E-state index in [0.29, 0.717) is 36.0 Å². The molecule has 4 rings (SSSR count). The van der Waals surface area contributed by atoms with Gasteiger partial charge in [-0.1, -0.05) is 48.5 Å². The predicted octanol–water partition coefficient (Wildman–Crippen LogP) is 3.73. The lowest BCUT2D eigenvalue weighted by Gasteiger charge is -2.19. The molecule has 0 radical (unpaired) electrons. The van der Waals surface area contributed by atoms with Crippen LogP contribution in [0, 0.1) is 0 Å². The molecule has 0 aliphatic heterocycles. The Morgan fingerprint density at radius 1 is 0.969 bits per heavy atom. The Bertz CT molecular complexity index is 1160. The van der Waals surface area contributed by atoms with Gasteiger partial charge in [0.2, 0.25) is 5.82 Å². The average Bonchev–Trinajstić information content (AvgIpc) is 3.38. The van der Waals surface area contributed by atoms with Crippen LogP contribution in [-0.4, -0.2) is 45.6 Å². The summed E-state index contributed by atoms with van der Waals surface area (Å²) in [6.45, 7) is 0.884. The first-order chi connectivity index (χ1) is 15.6. The zero-order valence-electron chi connectivity index (χ0n) is 17.9. The van der Waals surface area contributed by atoms with Gasteiger partial charge in [-0.15, -0.1) is 10.2 Å². The van der Waals surface area contributed by atoms with Crippen LogP contribution in [-0.2, 0) is 13.2 Å². The van der Waals surface area contributed by atoms with Gasteiger partial charge in [-0.3, -0.25) is 4.79 Å². The van der Waals surface area contributed by atoms with Gasteiger partial charge in [-0.25, -0.2) is 0 Å². The Morgan fingerprint density at radius 2 is 1.75 bits per heavy atom. The molecule has 0 aliphatic carbocycles. The van der Waals surface area contributed by atoms with Crippen molar-refractivity contribution in [1.82, 2.24) is 25.5 Å². The van der Waals surface area contributed by atoms with Crippen LogP contribution < -0.4 is 9.47 Å². The third kappa shape index (κ3) is 4.92. The summed E-state index contributed by atoms with van der Waals surface area (Å²) in [6.07, 6.45) is 0. The van der Waals surface area contributed by atoms with Gasteiger partial charge in [-0.05, 0) is 40.6 Å². The van der Waals surface area contributed by atoms with Crippen LogP contribution in [0.4, 0.5) is 0 Å². The number of nitrogens with zero attached hydrogens (tertiary/aromatic N) is 4.